The number of carbonyl (C=O) groups excluding carboxylic acids is 1. The van der Waals surface area contributed by atoms with Crippen molar-refractivity contribution in [3.63, 3.8) is 0 Å². The Morgan fingerprint density at radius 2 is 2.00 bits per heavy atom. The van der Waals surface area contributed by atoms with Gasteiger partial charge in [0.05, 0.1) is 5.75 Å². The van der Waals surface area contributed by atoms with Gasteiger partial charge in [-0.1, -0.05) is 33.6 Å². The van der Waals surface area contributed by atoms with Gasteiger partial charge in [0, 0.05) is 11.2 Å². The summed E-state index contributed by atoms with van der Waals surface area (Å²) in [6, 6.07) is 0. The number of Topliss-reactive ketones (excluding diaryl/α,β-unsaturated/α-hetero) is 1. The van der Waals surface area contributed by atoms with E-state index in [0.29, 0.717) is 11.5 Å². The normalized spacial score (nSPS) is 17.5. The summed E-state index contributed by atoms with van der Waals surface area (Å²) in [6.45, 7) is 6.48. The van der Waals surface area contributed by atoms with Crippen molar-refractivity contribution in [3.8, 4) is 0 Å². The standard InChI is InChI=1S/C11H20OS/c1-11(2,3)13-8-10(12)7-6-9-4-5-9/h9H,4-8H2,1-3H3. The summed E-state index contributed by atoms with van der Waals surface area (Å²) < 4.78 is 0.231. The zero-order chi connectivity index (χ0) is 9.90. The molecule has 1 fully saturated rings. The molecule has 1 rings (SSSR count). The molecule has 0 unspecified atom stereocenters. The van der Waals surface area contributed by atoms with Gasteiger partial charge in [-0.25, -0.2) is 0 Å². The second-order valence-electron chi connectivity index (χ2n) is 4.92. The smallest absolute Gasteiger partial charge is 0.142 e. The van der Waals surface area contributed by atoms with Crippen LogP contribution in [0.15, 0.2) is 0 Å². The second kappa shape index (κ2) is 4.50. The first-order valence-corrected chi connectivity index (χ1v) is 6.11. The molecule has 1 saturated carbocycles. The summed E-state index contributed by atoms with van der Waals surface area (Å²) in [5.41, 5.74) is 0. The molecule has 0 atom stereocenters. The van der Waals surface area contributed by atoms with Crippen molar-refractivity contribution < 1.29 is 4.79 Å². The van der Waals surface area contributed by atoms with Crippen LogP contribution in [0.5, 0.6) is 0 Å². The number of hydrogen-bond acceptors (Lipinski definition) is 2. The van der Waals surface area contributed by atoms with Crippen molar-refractivity contribution in [1.29, 1.82) is 0 Å². The number of ketones is 1. The Morgan fingerprint density at radius 1 is 1.38 bits per heavy atom. The van der Waals surface area contributed by atoms with E-state index in [0.717, 1.165) is 18.8 Å². The van der Waals surface area contributed by atoms with Gasteiger partial charge < -0.3 is 0 Å². The van der Waals surface area contributed by atoms with Gasteiger partial charge in [-0.2, -0.15) is 0 Å². The molecular formula is C11H20OS. The lowest BCUT2D eigenvalue weighted by Crippen LogP contribution is -2.12. The summed E-state index contributed by atoms with van der Waals surface area (Å²) >= 11 is 1.76. The van der Waals surface area contributed by atoms with Gasteiger partial charge >= 0.3 is 0 Å². The molecule has 0 saturated heterocycles. The quantitative estimate of drug-likeness (QED) is 0.677. The molecule has 0 heterocycles. The third kappa shape index (κ3) is 6.14. The maximum atomic E-state index is 11.4. The minimum Gasteiger partial charge on any atom is -0.299 e. The molecule has 76 valence electrons. The molecule has 1 nitrogen and oxygen atoms in total. The van der Waals surface area contributed by atoms with Crippen molar-refractivity contribution in [2.45, 2.75) is 51.2 Å². The van der Waals surface area contributed by atoms with Crippen LogP contribution >= 0.6 is 11.8 Å². The van der Waals surface area contributed by atoms with Crippen LogP contribution in [0, 0.1) is 5.92 Å². The van der Waals surface area contributed by atoms with E-state index in [1.165, 1.54) is 12.8 Å². The maximum absolute atomic E-state index is 11.4. The van der Waals surface area contributed by atoms with Gasteiger partial charge in [0.15, 0.2) is 0 Å². The summed E-state index contributed by atoms with van der Waals surface area (Å²) in [6.07, 6.45) is 4.68. The van der Waals surface area contributed by atoms with E-state index in [9.17, 15) is 4.79 Å². The lowest BCUT2D eigenvalue weighted by atomic mass is 10.2. The van der Waals surface area contributed by atoms with Crippen LogP contribution in [-0.4, -0.2) is 16.3 Å². The van der Waals surface area contributed by atoms with E-state index in [1.807, 2.05) is 0 Å². The summed E-state index contributed by atoms with van der Waals surface area (Å²) in [7, 11) is 0. The number of thioether (sulfide) groups is 1. The van der Waals surface area contributed by atoms with Gasteiger partial charge in [0.25, 0.3) is 0 Å². The average molecular weight is 200 g/mol. The van der Waals surface area contributed by atoms with Crippen molar-refractivity contribution in [2.24, 2.45) is 5.92 Å². The number of hydrogen-bond donors (Lipinski definition) is 0. The molecule has 13 heavy (non-hydrogen) atoms. The minimum absolute atomic E-state index is 0.231. The molecule has 0 aromatic rings. The molecule has 0 aliphatic heterocycles. The van der Waals surface area contributed by atoms with Crippen LogP contribution in [0.2, 0.25) is 0 Å². The molecule has 0 aromatic heterocycles. The van der Waals surface area contributed by atoms with E-state index >= 15 is 0 Å². The lowest BCUT2D eigenvalue weighted by molar-refractivity contribution is -0.116. The fourth-order valence-electron chi connectivity index (χ4n) is 1.14. The van der Waals surface area contributed by atoms with E-state index in [1.54, 1.807) is 11.8 Å². The van der Waals surface area contributed by atoms with Crippen LogP contribution in [0.1, 0.15) is 46.5 Å². The van der Waals surface area contributed by atoms with Crippen molar-refractivity contribution in [2.75, 3.05) is 5.75 Å². The van der Waals surface area contributed by atoms with Crippen LogP contribution in [0.4, 0.5) is 0 Å². The zero-order valence-corrected chi connectivity index (χ0v) is 9.75. The number of rotatable bonds is 5. The molecule has 0 spiro atoms. The Bertz CT molecular complexity index is 177. The van der Waals surface area contributed by atoms with E-state index in [4.69, 9.17) is 0 Å². The fourth-order valence-corrected chi connectivity index (χ4v) is 1.88. The molecule has 0 N–H and O–H groups in total. The first-order chi connectivity index (χ1) is 5.97. The zero-order valence-electron chi connectivity index (χ0n) is 8.93. The molecule has 2 heteroatoms. The molecule has 0 aromatic carbocycles. The van der Waals surface area contributed by atoms with Gasteiger partial charge in [-0.3, -0.25) is 4.79 Å². The van der Waals surface area contributed by atoms with Crippen LogP contribution < -0.4 is 0 Å². The van der Waals surface area contributed by atoms with Gasteiger partial charge in [0.1, 0.15) is 5.78 Å². The number of carbonyl (C=O) groups is 1. The van der Waals surface area contributed by atoms with Crippen LogP contribution in [0.25, 0.3) is 0 Å². The van der Waals surface area contributed by atoms with E-state index in [2.05, 4.69) is 20.8 Å². The average Bonchev–Trinajstić information content (AvgIpc) is 2.78. The monoisotopic (exact) mass is 200 g/mol. The highest BCUT2D eigenvalue weighted by Crippen LogP contribution is 2.33. The van der Waals surface area contributed by atoms with Crippen LogP contribution in [0.3, 0.4) is 0 Å². The maximum Gasteiger partial charge on any atom is 0.142 e. The summed E-state index contributed by atoms with van der Waals surface area (Å²) in [5.74, 6) is 2.03. The summed E-state index contributed by atoms with van der Waals surface area (Å²) in [5, 5.41) is 0. The molecule has 0 amide bonds. The van der Waals surface area contributed by atoms with Crippen LogP contribution in [-0.2, 0) is 4.79 Å². The Kier molecular flexibility index (Phi) is 3.84. The van der Waals surface area contributed by atoms with Crippen molar-refractivity contribution in [3.05, 3.63) is 0 Å². The Morgan fingerprint density at radius 3 is 2.46 bits per heavy atom. The lowest BCUT2D eigenvalue weighted by Gasteiger charge is -2.16. The van der Waals surface area contributed by atoms with Gasteiger partial charge in [0.2, 0.25) is 0 Å². The molecule has 1 aliphatic carbocycles. The molecule has 0 radical (unpaired) electrons. The molecular weight excluding hydrogens is 180 g/mol. The Labute approximate surface area is 85.7 Å². The van der Waals surface area contributed by atoms with E-state index < -0.39 is 0 Å². The minimum atomic E-state index is 0.231. The Hall–Kier alpha value is 0.0200. The van der Waals surface area contributed by atoms with Crippen molar-refractivity contribution >= 4 is 17.5 Å². The molecule has 0 bridgehead atoms. The predicted molar refractivity (Wildman–Crippen MR) is 59.2 cm³/mol. The SMILES string of the molecule is CC(C)(C)SCC(=O)CCC1CC1. The largest absolute Gasteiger partial charge is 0.299 e. The second-order valence-corrected chi connectivity index (χ2v) is 6.72. The van der Waals surface area contributed by atoms with Gasteiger partial charge in [-0.05, 0) is 12.3 Å². The first-order valence-electron chi connectivity index (χ1n) is 5.13. The third-order valence-corrected chi connectivity index (χ3v) is 3.53. The highest BCUT2D eigenvalue weighted by molar-refractivity contribution is 8.01. The van der Waals surface area contributed by atoms with Crippen molar-refractivity contribution in [1.82, 2.24) is 0 Å². The first kappa shape index (κ1) is 11.1. The fraction of sp³-hybridized carbons (Fsp3) is 0.909. The highest BCUT2D eigenvalue weighted by atomic mass is 32.2. The van der Waals surface area contributed by atoms with E-state index in [-0.39, 0.29) is 4.75 Å². The third-order valence-electron chi connectivity index (χ3n) is 2.19. The highest BCUT2D eigenvalue weighted by Gasteiger charge is 2.22. The predicted octanol–water partition coefficient (Wildman–Crippen LogP) is 3.28. The molecule has 1 aliphatic rings. The van der Waals surface area contributed by atoms with Gasteiger partial charge in [-0.15, -0.1) is 11.8 Å². The topological polar surface area (TPSA) is 17.1 Å². The Balaban J connectivity index is 2.03. The summed E-state index contributed by atoms with van der Waals surface area (Å²) in [4.78, 5) is 11.4.